The van der Waals surface area contributed by atoms with E-state index in [4.69, 9.17) is 4.74 Å². The van der Waals surface area contributed by atoms with Crippen molar-refractivity contribution in [3.8, 4) is 0 Å². The quantitative estimate of drug-likeness (QED) is 0.744. The Hall–Kier alpha value is -2.61. The molecule has 160 valence electrons. The van der Waals surface area contributed by atoms with Gasteiger partial charge in [0.1, 0.15) is 11.6 Å². The number of benzene rings is 1. The van der Waals surface area contributed by atoms with Crippen molar-refractivity contribution in [1.82, 2.24) is 10.2 Å². The standard InChI is InChI=1S/C21H30N2O6/c1-13(14-6-8-15(9-7-14)19(26)28-5)22-18(25)17-12-16(24)10-11-23(17)20(27)29-21(2,3)4/h6-9,13,16-17,24H,10-12H2,1-5H3,(H,22,25). The highest BCUT2D eigenvalue weighted by atomic mass is 16.6. The molecule has 1 aliphatic heterocycles. The summed E-state index contributed by atoms with van der Waals surface area (Å²) < 4.78 is 10.1. The Bertz CT molecular complexity index is 741. The van der Waals surface area contributed by atoms with Gasteiger partial charge in [-0.15, -0.1) is 0 Å². The monoisotopic (exact) mass is 406 g/mol. The molecule has 8 nitrogen and oxygen atoms in total. The van der Waals surface area contributed by atoms with Gasteiger partial charge in [0.25, 0.3) is 0 Å². The van der Waals surface area contributed by atoms with Crippen molar-refractivity contribution in [3.05, 3.63) is 35.4 Å². The van der Waals surface area contributed by atoms with Gasteiger partial charge in [-0.25, -0.2) is 9.59 Å². The van der Waals surface area contributed by atoms with Gasteiger partial charge in [0.05, 0.1) is 24.8 Å². The second-order valence-corrected chi connectivity index (χ2v) is 8.21. The molecule has 8 heteroatoms. The van der Waals surface area contributed by atoms with Gasteiger partial charge >= 0.3 is 12.1 Å². The molecule has 0 radical (unpaired) electrons. The summed E-state index contributed by atoms with van der Waals surface area (Å²) >= 11 is 0. The van der Waals surface area contributed by atoms with Gasteiger partial charge in [0.2, 0.25) is 5.91 Å². The summed E-state index contributed by atoms with van der Waals surface area (Å²) in [7, 11) is 1.31. The fourth-order valence-electron chi connectivity index (χ4n) is 3.15. The maximum atomic E-state index is 12.9. The predicted molar refractivity (Wildman–Crippen MR) is 106 cm³/mol. The highest BCUT2D eigenvalue weighted by Gasteiger charge is 2.38. The SMILES string of the molecule is COC(=O)c1ccc(C(C)NC(=O)C2CC(O)CCN2C(=O)OC(C)(C)C)cc1. The molecule has 0 spiro atoms. The molecule has 1 saturated heterocycles. The number of nitrogens with one attached hydrogen (secondary N) is 1. The van der Waals surface area contributed by atoms with Crippen molar-refractivity contribution >= 4 is 18.0 Å². The molecule has 1 heterocycles. The van der Waals surface area contributed by atoms with E-state index in [-0.39, 0.29) is 24.9 Å². The molecule has 2 N–H and O–H groups in total. The lowest BCUT2D eigenvalue weighted by Crippen LogP contribution is -2.55. The van der Waals surface area contributed by atoms with Gasteiger partial charge in [-0.3, -0.25) is 9.69 Å². The van der Waals surface area contributed by atoms with Crippen LogP contribution in [0.5, 0.6) is 0 Å². The summed E-state index contributed by atoms with van der Waals surface area (Å²) in [6.07, 6.45) is -0.675. The topological polar surface area (TPSA) is 105 Å². The molecule has 0 aliphatic carbocycles. The molecule has 3 unspecified atom stereocenters. The molecular formula is C21H30N2O6. The minimum absolute atomic E-state index is 0.152. The summed E-state index contributed by atoms with van der Waals surface area (Å²) in [6.45, 7) is 7.34. The molecule has 1 aromatic carbocycles. The Morgan fingerprint density at radius 3 is 2.38 bits per heavy atom. The second kappa shape index (κ2) is 9.26. The largest absolute Gasteiger partial charge is 0.465 e. The highest BCUT2D eigenvalue weighted by Crippen LogP contribution is 2.22. The fourth-order valence-corrected chi connectivity index (χ4v) is 3.15. The van der Waals surface area contributed by atoms with Gasteiger partial charge in [-0.2, -0.15) is 0 Å². The van der Waals surface area contributed by atoms with Crippen LogP contribution < -0.4 is 5.32 Å². The average molecular weight is 406 g/mol. The van der Waals surface area contributed by atoms with Crippen LogP contribution in [0.15, 0.2) is 24.3 Å². The zero-order chi connectivity index (χ0) is 21.8. The van der Waals surface area contributed by atoms with Gasteiger partial charge < -0.3 is 19.9 Å². The van der Waals surface area contributed by atoms with E-state index in [1.807, 2.05) is 6.92 Å². The van der Waals surface area contributed by atoms with E-state index in [2.05, 4.69) is 10.1 Å². The smallest absolute Gasteiger partial charge is 0.410 e. The molecular weight excluding hydrogens is 376 g/mol. The minimum Gasteiger partial charge on any atom is -0.465 e. The summed E-state index contributed by atoms with van der Waals surface area (Å²) in [5, 5.41) is 12.9. The van der Waals surface area contributed by atoms with Crippen LogP contribution in [0.2, 0.25) is 0 Å². The highest BCUT2D eigenvalue weighted by molar-refractivity contribution is 5.89. The number of ether oxygens (including phenoxy) is 2. The Labute approximate surface area is 171 Å². The van der Waals surface area contributed by atoms with E-state index in [0.29, 0.717) is 12.0 Å². The van der Waals surface area contributed by atoms with Crippen molar-refractivity contribution in [2.24, 2.45) is 0 Å². The zero-order valence-electron chi connectivity index (χ0n) is 17.6. The normalized spacial score (nSPS) is 20.6. The van der Waals surface area contributed by atoms with E-state index in [1.54, 1.807) is 45.0 Å². The molecule has 1 aromatic rings. The summed E-state index contributed by atoms with van der Waals surface area (Å²) in [5.74, 6) is -0.795. The molecule has 1 aliphatic rings. The summed E-state index contributed by atoms with van der Waals surface area (Å²) in [6, 6.07) is 5.55. The van der Waals surface area contributed by atoms with Crippen LogP contribution in [-0.4, -0.2) is 59.4 Å². The molecule has 0 bridgehead atoms. The number of rotatable bonds is 4. The molecule has 29 heavy (non-hydrogen) atoms. The van der Waals surface area contributed by atoms with Gasteiger partial charge in [0, 0.05) is 13.0 Å². The molecule has 1 fully saturated rings. The summed E-state index contributed by atoms with van der Waals surface area (Å²) in [4.78, 5) is 38.3. The van der Waals surface area contributed by atoms with Crippen LogP contribution in [0, 0.1) is 0 Å². The number of piperidine rings is 1. The number of nitrogens with zero attached hydrogens (tertiary/aromatic N) is 1. The van der Waals surface area contributed by atoms with Crippen molar-refractivity contribution in [1.29, 1.82) is 0 Å². The van der Waals surface area contributed by atoms with Gasteiger partial charge in [-0.05, 0) is 51.8 Å². The number of aliphatic hydroxyl groups excluding tert-OH is 1. The predicted octanol–water partition coefficient (Wildman–Crippen LogP) is 2.41. The van der Waals surface area contributed by atoms with Crippen molar-refractivity contribution in [2.45, 2.75) is 64.3 Å². The molecule has 3 atom stereocenters. The number of carbonyl (C=O) groups excluding carboxylic acids is 3. The number of hydrogen-bond acceptors (Lipinski definition) is 6. The molecule has 2 amide bonds. The van der Waals surface area contributed by atoms with Crippen molar-refractivity contribution in [2.75, 3.05) is 13.7 Å². The lowest BCUT2D eigenvalue weighted by atomic mass is 9.98. The van der Waals surface area contributed by atoms with E-state index < -0.39 is 29.8 Å². The van der Waals surface area contributed by atoms with Gasteiger partial charge in [-0.1, -0.05) is 12.1 Å². The van der Waals surface area contributed by atoms with Crippen molar-refractivity contribution in [3.63, 3.8) is 0 Å². The first-order valence-corrected chi connectivity index (χ1v) is 9.68. The maximum Gasteiger partial charge on any atom is 0.410 e. The maximum absolute atomic E-state index is 12.9. The van der Waals surface area contributed by atoms with E-state index in [1.165, 1.54) is 12.0 Å². The van der Waals surface area contributed by atoms with Crippen LogP contribution in [0.25, 0.3) is 0 Å². The number of carbonyl (C=O) groups is 3. The van der Waals surface area contributed by atoms with E-state index in [0.717, 1.165) is 5.56 Å². The molecule has 2 rings (SSSR count). The Morgan fingerprint density at radius 1 is 1.21 bits per heavy atom. The number of esters is 1. The average Bonchev–Trinajstić information content (AvgIpc) is 2.65. The molecule has 0 aromatic heterocycles. The first-order valence-electron chi connectivity index (χ1n) is 9.68. The van der Waals surface area contributed by atoms with Crippen LogP contribution in [0.1, 0.15) is 62.5 Å². The number of aliphatic hydroxyl groups is 1. The Balaban J connectivity index is 2.09. The van der Waals surface area contributed by atoms with Crippen LogP contribution in [-0.2, 0) is 14.3 Å². The van der Waals surface area contributed by atoms with Crippen LogP contribution in [0.3, 0.4) is 0 Å². The number of hydrogen-bond donors (Lipinski definition) is 2. The van der Waals surface area contributed by atoms with Gasteiger partial charge in [0.15, 0.2) is 0 Å². The zero-order valence-corrected chi connectivity index (χ0v) is 17.6. The third-order valence-corrected chi connectivity index (χ3v) is 4.70. The van der Waals surface area contributed by atoms with Crippen molar-refractivity contribution < 1.29 is 29.0 Å². The lowest BCUT2D eigenvalue weighted by Gasteiger charge is -2.38. The van der Waals surface area contributed by atoms with E-state index >= 15 is 0 Å². The number of methoxy groups -OCH3 is 1. The second-order valence-electron chi connectivity index (χ2n) is 8.21. The fraction of sp³-hybridized carbons (Fsp3) is 0.571. The number of likely N-dealkylation sites (tertiary alicyclic amines) is 1. The lowest BCUT2D eigenvalue weighted by molar-refractivity contribution is -0.130. The third-order valence-electron chi connectivity index (χ3n) is 4.70. The third kappa shape index (κ3) is 6.19. The first kappa shape index (κ1) is 22.7. The van der Waals surface area contributed by atoms with E-state index in [9.17, 15) is 19.5 Å². The van der Waals surface area contributed by atoms with Crippen LogP contribution >= 0.6 is 0 Å². The number of amides is 2. The van der Waals surface area contributed by atoms with Crippen LogP contribution in [0.4, 0.5) is 4.79 Å². The molecule has 0 saturated carbocycles. The first-order chi connectivity index (χ1) is 13.5. The summed E-state index contributed by atoms with van der Waals surface area (Å²) in [5.41, 5.74) is 0.538. The Morgan fingerprint density at radius 2 is 1.83 bits per heavy atom. The minimum atomic E-state index is -0.814. The Kier molecular flexibility index (Phi) is 7.24.